The fraction of sp³-hybridized carbons (Fsp3) is 0.393. The number of carbonyl (C=O) groups excluding carboxylic acids is 1. The van der Waals surface area contributed by atoms with Crippen LogP contribution in [0.4, 0.5) is 23.4 Å². The predicted molar refractivity (Wildman–Crippen MR) is 146 cm³/mol. The molecule has 40 heavy (non-hydrogen) atoms. The molecule has 1 aromatic heterocycles. The largest absolute Gasteiger partial charge is 0.417 e. The van der Waals surface area contributed by atoms with Crippen LogP contribution in [-0.4, -0.2) is 65.0 Å². The van der Waals surface area contributed by atoms with Crippen molar-refractivity contribution >= 4 is 34.4 Å². The van der Waals surface area contributed by atoms with Crippen LogP contribution in [0.5, 0.6) is 0 Å². The summed E-state index contributed by atoms with van der Waals surface area (Å²) in [5.74, 6) is -0.383. The molecule has 212 valence electrons. The zero-order valence-electron chi connectivity index (χ0n) is 22.2. The first-order valence-electron chi connectivity index (χ1n) is 12.7. The van der Waals surface area contributed by atoms with Crippen LogP contribution in [0.25, 0.3) is 22.0 Å². The second-order valence-corrected chi connectivity index (χ2v) is 11.1. The Hall–Kier alpha value is -3.38. The van der Waals surface area contributed by atoms with Gasteiger partial charge in [0.25, 0.3) is 0 Å². The third kappa shape index (κ3) is 4.77. The highest BCUT2D eigenvalue weighted by Crippen LogP contribution is 2.49. The predicted octanol–water partition coefficient (Wildman–Crippen LogP) is 5.13. The number of alkyl halides is 3. The van der Waals surface area contributed by atoms with Crippen LogP contribution >= 0.6 is 11.8 Å². The molecule has 2 aliphatic heterocycles. The molecule has 0 N–H and O–H groups in total. The molecule has 0 spiro atoms. The van der Waals surface area contributed by atoms with Gasteiger partial charge in [-0.05, 0) is 43.7 Å². The Kier molecular flexibility index (Phi) is 7.43. The number of hydrogen-bond donors (Lipinski definition) is 0. The molecule has 3 atom stereocenters. The highest BCUT2D eigenvalue weighted by atomic mass is 32.2. The summed E-state index contributed by atoms with van der Waals surface area (Å²) in [5.41, 5.74) is -1.06. The first kappa shape index (κ1) is 28.2. The summed E-state index contributed by atoms with van der Waals surface area (Å²) < 4.78 is 64.5. The maximum atomic E-state index is 14.7. The first-order valence-corrected chi connectivity index (χ1v) is 13.7. The fourth-order valence-electron chi connectivity index (χ4n) is 5.81. The monoisotopic (exact) mass is 576 g/mol. The number of nitrogens with zero attached hydrogens (tertiary/aromatic N) is 4. The average molecular weight is 577 g/mol. The second kappa shape index (κ2) is 10.5. The molecule has 0 radical (unpaired) electrons. The van der Waals surface area contributed by atoms with Gasteiger partial charge in [-0.15, -0.1) is 11.8 Å². The van der Waals surface area contributed by atoms with Crippen LogP contribution in [0.1, 0.15) is 25.5 Å². The molecule has 12 heteroatoms. The zero-order valence-corrected chi connectivity index (χ0v) is 23.0. The minimum atomic E-state index is -4.74. The SMILES string of the molecule is C=CC(=O)N1[C@H](C)CN(c2nc(=O)n3c4c(c(-c5ccc(F)cc5)c(C(F)(F)F)cc24)SC[C@@H]3COC)C[C@@H]1C. The molecule has 2 aliphatic rings. The number of anilines is 1. The van der Waals surface area contributed by atoms with Crippen molar-refractivity contribution in [2.45, 2.75) is 43.0 Å². The van der Waals surface area contributed by atoms with Gasteiger partial charge in [0.15, 0.2) is 0 Å². The summed E-state index contributed by atoms with van der Waals surface area (Å²) in [5, 5.41) is 0.184. The molecule has 1 saturated heterocycles. The number of amides is 1. The highest BCUT2D eigenvalue weighted by Gasteiger charge is 2.40. The van der Waals surface area contributed by atoms with Gasteiger partial charge in [0.1, 0.15) is 11.6 Å². The summed E-state index contributed by atoms with van der Waals surface area (Å²) >= 11 is 1.21. The Labute approximate surface area is 232 Å². The molecule has 5 rings (SSSR count). The Morgan fingerprint density at radius 3 is 2.42 bits per heavy atom. The van der Waals surface area contributed by atoms with Crippen molar-refractivity contribution in [3.05, 3.63) is 64.9 Å². The smallest absolute Gasteiger partial charge is 0.383 e. The van der Waals surface area contributed by atoms with E-state index in [1.165, 1.54) is 41.6 Å². The molecule has 3 aromatic rings. The topological polar surface area (TPSA) is 67.7 Å². The minimum Gasteiger partial charge on any atom is -0.383 e. The number of rotatable bonds is 5. The van der Waals surface area contributed by atoms with Crippen molar-refractivity contribution in [3.8, 4) is 11.1 Å². The van der Waals surface area contributed by atoms with Crippen LogP contribution in [0, 0.1) is 5.82 Å². The molecule has 0 aliphatic carbocycles. The number of thioether (sulfide) groups is 1. The number of ether oxygens (including phenoxy) is 1. The van der Waals surface area contributed by atoms with E-state index in [0.717, 1.165) is 18.2 Å². The molecule has 0 saturated carbocycles. The zero-order chi connectivity index (χ0) is 28.9. The average Bonchev–Trinajstić information content (AvgIpc) is 2.90. The molecule has 2 aromatic carbocycles. The van der Waals surface area contributed by atoms with Crippen molar-refractivity contribution in [2.75, 3.05) is 37.5 Å². The second-order valence-electron chi connectivity index (χ2n) is 10.1. The third-order valence-electron chi connectivity index (χ3n) is 7.37. The maximum absolute atomic E-state index is 14.7. The van der Waals surface area contributed by atoms with Gasteiger partial charge in [-0.25, -0.2) is 9.18 Å². The van der Waals surface area contributed by atoms with Crippen molar-refractivity contribution < 1.29 is 27.1 Å². The molecular weight excluding hydrogens is 548 g/mol. The number of piperazine rings is 1. The number of hydrogen-bond acceptors (Lipinski definition) is 6. The van der Waals surface area contributed by atoms with Gasteiger partial charge in [0, 0.05) is 53.9 Å². The van der Waals surface area contributed by atoms with E-state index in [0.29, 0.717) is 11.3 Å². The van der Waals surface area contributed by atoms with Crippen LogP contribution in [0.3, 0.4) is 0 Å². The van der Waals surface area contributed by atoms with E-state index < -0.39 is 29.3 Å². The Morgan fingerprint density at radius 2 is 1.85 bits per heavy atom. The summed E-state index contributed by atoms with van der Waals surface area (Å²) in [7, 11) is 1.49. The van der Waals surface area contributed by atoms with Gasteiger partial charge in [-0.2, -0.15) is 18.2 Å². The maximum Gasteiger partial charge on any atom is 0.417 e. The summed E-state index contributed by atoms with van der Waals surface area (Å²) in [6, 6.07) is 4.84. The molecule has 3 heterocycles. The summed E-state index contributed by atoms with van der Waals surface area (Å²) in [6.45, 7) is 7.93. The lowest BCUT2D eigenvalue weighted by atomic mass is 9.95. The van der Waals surface area contributed by atoms with E-state index in [1.54, 1.807) is 9.80 Å². The summed E-state index contributed by atoms with van der Waals surface area (Å²) in [4.78, 5) is 34.1. The molecule has 1 fully saturated rings. The van der Waals surface area contributed by atoms with Crippen molar-refractivity contribution in [1.29, 1.82) is 0 Å². The van der Waals surface area contributed by atoms with Gasteiger partial charge >= 0.3 is 11.9 Å². The number of aromatic nitrogens is 2. The van der Waals surface area contributed by atoms with Crippen molar-refractivity contribution in [2.24, 2.45) is 0 Å². The first-order chi connectivity index (χ1) is 19.0. The van der Waals surface area contributed by atoms with Crippen LogP contribution < -0.4 is 10.6 Å². The fourth-order valence-corrected chi connectivity index (χ4v) is 7.13. The van der Waals surface area contributed by atoms with E-state index in [2.05, 4.69) is 11.6 Å². The quantitative estimate of drug-likeness (QED) is 0.310. The van der Waals surface area contributed by atoms with E-state index >= 15 is 0 Å². The Balaban J connectivity index is 1.81. The molecule has 7 nitrogen and oxygen atoms in total. The lowest BCUT2D eigenvalue weighted by Gasteiger charge is -2.45. The third-order valence-corrected chi connectivity index (χ3v) is 8.61. The molecule has 0 unspecified atom stereocenters. The van der Waals surface area contributed by atoms with E-state index in [9.17, 15) is 27.2 Å². The van der Waals surface area contributed by atoms with Gasteiger partial charge in [0.2, 0.25) is 5.91 Å². The van der Waals surface area contributed by atoms with Gasteiger partial charge in [-0.1, -0.05) is 18.7 Å². The normalized spacial score (nSPS) is 21.1. The Morgan fingerprint density at radius 1 is 1.20 bits per heavy atom. The van der Waals surface area contributed by atoms with Crippen molar-refractivity contribution in [3.63, 3.8) is 0 Å². The van der Waals surface area contributed by atoms with Gasteiger partial charge in [-0.3, -0.25) is 9.36 Å². The van der Waals surface area contributed by atoms with Crippen molar-refractivity contribution in [1.82, 2.24) is 14.5 Å². The highest BCUT2D eigenvalue weighted by molar-refractivity contribution is 7.99. The van der Waals surface area contributed by atoms with Crippen LogP contribution in [0.2, 0.25) is 0 Å². The van der Waals surface area contributed by atoms with Gasteiger partial charge in [0.05, 0.1) is 23.7 Å². The van der Waals surface area contributed by atoms with Crippen LogP contribution in [-0.2, 0) is 15.7 Å². The number of halogens is 4. The molecule has 1 amide bonds. The number of benzene rings is 2. The van der Waals surface area contributed by atoms with Crippen LogP contribution in [0.15, 0.2) is 52.7 Å². The number of methoxy groups -OCH3 is 1. The summed E-state index contributed by atoms with van der Waals surface area (Å²) in [6.07, 6.45) is -3.51. The number of carbonyl (C=O) groups is 1. The van der Waals surface area contributed by atoms with E-state index in [1.807, 2.05) is 13.8 Å². The van der Waals surface area contributed by atoms with Gasteiger partial charge < -0.3 is 14.5 Å². The standard InChI is InChI=1S/C28H28F4N4O3S/c1-5-22(37)35-15(2)11-34(12-16(35)3)26-20-10-21(28(30,31)32)23(17-6-8-18(29)9-7-17)25-24(20)36(27(38)33-26)19(13-39-4)14-40-25/h5-10,15-16,19H,1,11-14H2,2-4H3/t15-,16+,19-/m0/s1. The van der Waals surface area contributed by atoms with E-state index in [4.69, 9.17) is 4.74 Å². The lowest BCUT2D eigenvalue weighted by Crippen LogP contribution is -2.58. The lowest BCUT2D eigenvalue weighted by molar-refractivity contribution is -0.137. The molecular formula is C28H28F4N4O3S. The Bertz CT molecular complexity index is 1530. The minimum absolute atomic E-state index is 0.102. The van der Waals surface area contributed by atoms with E-state index in [-0.39, 0.29) is 64.9 Å². The molecule has 0 bridgehead atoms.